The Labute approximate surface area is 116 Å². The van der Waals surface area contributed by atoms with Gasteiger partial charge in [0, 0.05) is 13.6 Å². The summed E-state index contributed by atoms with van der Waals surface area (Å²) in [4.78, 5) is 11.6. The number of hydrogen-bond acceptors (Lipinski definition) is 6. The van der Waals surface area contributed by atoms with Crippen LogP contribution in [-0.4, -0.2) is 39.4 Å². The van der Waals surface area contributed by atoms with Gasteiger partial charge >= 0.3 is 5.97 Å². The monoisotopic (exact) mass is 302 g/mol. The minimum Gasteiger partial charge on any atom is -0.469 e. The zero-order valence-corrected chi connectivity index (χ0v) is 12.4. The van der Waals surface area contributed by atoms with Gasteiger partial charge in [-0.05, 0) is 12.1 Å². The largest absolute Gasteiger partial charge is 0.469 e. The first-order valence-corrected chi connectivity index (χ1v) is 7.62. The number of sulfonamides is 1. The normalized spacial score (nSPS) is 13.0. The van der Waals surface area contributed by atoms with Gasteiger partial charge in [-0.25, -0.2) is 8.42 Å². The van der Waals surface area contributed by atoms with Gasteiger partial charge in [-0.15, -0.1) is 11.3 Å². The number of carbonyl (C=O) groups is 1. The minimum absolute atomic E-state index is 0.0226. The number of rotatable bonds is 5. The van der Waals surface area contributed by atoms with E-state index in [1.165, 1.54) is 26.3 Å². The smallest absolute Gasteiger partial charge is 0.309 e. The highest BCUT2D eigenvalue weighted by atomic mass is 32.2. The minimum atomic E-state index is -3.67. The van der Waals surface area contributed by atoms with Crippen LogP contribution >= 0.6 is 11.3 Å². The molecule has 0 aliphatic heterocycles. The topological polar surface area (TPSA) is 87.5 Å². The van der Waals surface area contributed by atoms with E-state index >= 15 is 0 Å². The second-order valence-electron chi connectivity index (χ2n) is 3.94. The number of methoxy groups -OCH3 is 1. The van der Waals surface area contributed by atoms with E-state index in [1.54, 1.807) is 6.92 Å². The standard InChI is InChI=1S/C11H14N2O4S2/c1-8(11(14)17-3)7-13(2)19(15,16)10-5-4-9(6-12)18-10/h4-5,8H,7H2,1-3H3. The molecule has 0 bridgehead atoms. The van der Waals surface area contributed by atoms with E-state index in [0.29, 0.717) is 4.88 Å². The Morgan fingerprint density at radius 1 is 1.58 bits per heavy atom. The van der Waals surface area contributed by atoms with Crippen LogP contribution in [0.5, 0.6) is 0 Å². The van der Waals surface area contributed by atoms with Crippen LogP contribution in [0.2, 0.25) is 0 Å². The van der Waals surface area contributed by atoms with Crippen LogP contribution in [0.4, 0.5) is 0 Å². The van der Waals surface area contributed by atoms with Crippen LogP contribution in [0.15, 0.2) is 16.3 Å². The van der Waals surface area contributed by atoms with E-state index in [-0.39, 0.29) is 10.8 Å². The maximum Gasteiger partial charge on any atom is 0.309 e. The van der Waals surface area contributed by atoms with E-state index in [2.05, 4.69) is 4.74 Å². The lowest BCUT2D eigenvalue weighted by molar-refractivity contribution is -0.144. The number of carbonyl (C=O) groups excluding carboxylic acids is 1. The first kappa shape index (κ1) is 15.6. The molecule has 1 unspecified atom stereocenters. The van der Waals surface area contributed by atoms with Gasteiger partial charge < -0.3 is 4.74 Å². The van der Waals surface area contributed by atoms with Gasteiger partial charge in [-0.3, -0.25) is 4.79 Å². The lowest BCUT2D eigenvalue weighted by Gasteiger charge is -2.19. The zero-order valence-electron chi connectivity index (χ0n) is 10.8. The number of nitrogens with zero attached hydrogens (tertiary/aromatic N) is 2. The molecule has 0 aliphatic rings. The second kappa shape index (κ2) is 6.14. The van der Waals surface area contributed by atoms with Crippen LogP contribution in [0.25, 0.3) is 0 Å². The van der Waals surface area contributed by atoms with Gasteiger partial charge in [0.2, 0.25) is 0 Å². The number of nitriles is 1. The van der Waals surface area contributed by atoms with Gasteiger partial charge in [0.25, 0.3) is 10.0 Å². The molecular weight excluding hydrogens is 288 g/mol. The molecule has 6 nitrogen and oxygen atoms in total. The molecule has 104 valence electrons. The predicted molar refractivity (Wildman–Crippen MR) is 70.0 cm³/mol. The molecule has 1 rings (SSSR count). The average molecular weight is 302 g/mol. The molecule has 1 aromatic heterocycles. The summed E-state index contributed by atoms with van der Waals surface area (Å²) < 4.78 is 30.1. The first-order valence-electron chi connectivity index (χ1n) is 5.37. The fourth-order valence-corrected chi connectivity index (χ4v) is 4.01. The predicted octanol–water partition coefficient (Wildman–Crippen LogP) is 1.05. The summed E-state index contributed by atoms with van der Waals surface area (Å²) in [7, 11) is -1.03. The van der Waals surface area contributed by atoms with Crippen LogP contribution in [-0.2, 0) is 19.6 Å². The Hall–Kier alpha value is -1.43. The van der Waals surface area contributed by atoms with Gasteiger partial charge in [-0.2, -0.15) is 9.57 Å². The van der Waals surface area contributed by atoms with Crippen molar-refractivity contribution in [3.8, 4) is 6.07 Å². The summed E-state index contributed by atoms with van der Waals surface area (Å²) in [6.07, 6.45) is 0. The van der Waals surface area contributed by atoms with Crippen molar-refractivity contribution in [3.05, 3.63) is 17.0 Å². The molecular formula is C11H14N2O4S2. The molecule has 0 fully saturated rings. The van der Waals surface area contributed by atoms with Gasteiger partial charge in [0.15, 0.2) is 0 Å². The fraction of sp³-hybridized carbons (Fsp3) is 0.455. The summed E-state index contributed by atoms with van der Waals surface area (Å²) in [6.45, 7) is 1.61. The summed E-state index contributed by atoms with van der Waals surface area (Å²) in [5.41, 5.74) is 0. The zero-order chi connectivity index (χ0) is 14.6. The molecule has 0 saturated carbocycles. The maximum atomic E-state index is 12.2. The third-order valence-electron chi connectivity index (χ3n) is 2.49. The van der Waals surface area contributed by atoms with E-state index in [9.17, 15) is 13.2 Å². The Morgan fingerprint density at radius 3 is 2.68 bits per heavy atom. The van der Waals surface area contributed by atoms with Gasteiger partial charge in [0.05, 0.1) is 13.0 Å². The Kier molecular flexibility index (Phi) is 5.05. The van der Waals surface area contributed by atoms with Crippen molar-refractivity contribution < 1.29 is 17.9 Å². The van der Waals surface area contributed by atoms with Crippen LogP contribution in [0.1, 0.15) is 11.8 Å². The van der Waals surface area contributed by atoms with Crippen molar-refractivity contribution in [2.24, 2.45) is 5.92 Å². The molecule has 1 atom stereocenters. The Balaban J connectivity index is 2.89. The third kappa shape index (κ3) is 3.53. The molecule has 0 N–H and O–H groups in total. The number of esters is 1. The molecule has 1 aromatic rings. The van der Waals surface area contributed by atoms with Crippen LogP contribution < -0.4 is 0 Å². The van der Waals surface area contributed by atoms with Crippen LogP contribution in [0.3, 0.4) is 0 Å². The Morgan fingerprint density at radius 2 is 2.21 bits per heavy atom. The summed E-state index contributed by atoms with van der Waals surface area (Å²) in [5, 5.41) is 8.70. The third-order valence-corrected chi connectivity index (χ3v) is 5.77. The molecule has 19 heavy (non-hydrogen) atoms. The van der Waals surface area contributed by atoms with Crippen molar-refractivity contribution in [2.75, 3.05) is 20.7 Å². The molecule has 0 amide bonds. The van der Waals surface area contributed by atoms with Crippen LogP contribution in [0, 0.1) is 17.2 Å². The highest BCUT2D eigenvalue weighted by molar-refractivity contribution is 7.91. The lowest BCUT2D eigenvalue weighted by Crippen LogP contribution is -2.33. The summed E-state index contributed by atoms with van der Waals surface area (Å²) >= 11 is 0.902. The van der Waals surface area contributed by atoms with Gasteiger partial charge in [-0.1, -0.05) is 6.92 Å². The summed E-state index contributed by atoms with van der Waals surface area (Å²) in [5.74, 6) is -1.02. The SMILES string of the molecule is COC(=O)C(C)CN(C)S(=O)(=O)c1ccc(C#N)s1. The molecule has 8 heteroatoms. The van der Waals surface area contributed by atoms with E-state index in [1.807, 2.05) is 6.07 Å². The van der Waals surface area contributed by atoms with Crippen molar-refractivity contribution in [2.45, 2.75) is 11.1 Å². The highest BCUT2D eigenvalue weighted by Gasteiger charge is 2.26. The second-order valence-corrected chi connectivity index (χ2v) is 7.30. The number of hydrogen-bond donors (Lipinski definition) is 0. The molecule has 0 radical (unpaired) electrons. The van der Waals surface area contributed by atoms with Gasteiger partial charge in [0.1, 0.15) is 15.2 Å². The molecule has 0 spiro atoms. The van der Waals surface area contributed by atoms with E-state index < -0.39 is 21.9 Å². The number of ether oxygens (including phenoxy) is 1. The fourth-order valence-electron chi connectivity index (χ4n) is 1.43. The molecule has 0 aliphatic carbocycles. The van der Waals surface area contributed by atoms with E-state index in [0.717, 1.165) is 15.6 Å². The van der Waals surface area contributed by atoms with Crippen molar-refractivity contribution in [1.82, 2.24) is 4.31 Å². The molecule has 0 saturated heterocycles. The van der Waals surface area contributed by atoms with E-state index in [4.69, 9.17) is 5.26 Å². The average Bonchev–Trinajstić information content (AvgIpc) is 2.86. The lowest BCUT2D eigenvalue weighted by atomic mass is 10.2. The molecule has 0 aromatic carbocycles. The van der Waals surface area contributed by atoms with Crippen molar-refractivity contribution >= 4 is 27.3 Å². The quantitative estimate of drug-likeness (QED) is 0.759. The molecule has 1 heterocycles. The first-order chi connectivity index (χ1) is 8.82. The number of thiophene rings is 1. The Bertz CT molecular complexity index is 600. The summed E-state index contributed by atoms with van der Waals surface area (Å²) in [6, 6.07) is 4.73. The highest BCUT2D eigenvalue weighted by Crippen LogP contribution is 2.24. The van der Waals surface area contributed by atoms with Crippen molar-refractivity contribution in [3.63, 3.8) is 0 Å². The maximum absolute atomic E-state index is 12.2. The van der Waals surface area contributed by atoms with Crippen molar-refractivity contribution in [1.29, 1.82) is 5.26 Å².